The minimum atomic E-state index is -0.0549. The number of aromatic nitrogens is 5. The van der Waals surface area contributed by atoms with E-state index in [1.807, 2.05) is 42.6 Å². The predicted molar refractivity (Wildman–Crippen MR) is 106 cm³/mol. The Kier molecular flexibility index (Phi) is 4.26. The lowest BCUT2D eigenvalue weighted by molar-refractivity contribution is -0.121. The monoisotopic (exact) mass is 390 g/mol. The van der Waals surface area contributed by atoms with E-state index < -0.39 is 0 Å². The Balaban J connectivity index is 1.28. The molecule has 0 radical (unpaired) electrons. The summed E-state index contributed by atoms with van der Waals surface area (Å²) in [5.41, 5.74) is 4.77. The number of carbonyl (C=O) groups is 1. The third kappa shape index (κ3) is 3.35. The van der Waals surface area contributed by atoms with Crippen molar-refractivity contribution >= 4 is 22.5 Å². The van der Waals surface area contributed by atoms with Crippen molar-refractivity contribution in [2.75, 3.05) is 0 Å². The number of hydrogen-bond acceptors (Lipinski definition) is 6. The highest BCUT2D eigenvalue weighted by atomic mass is 16.5. The Hall–Kier alpha value is -3.29. The SMILES string of the molecule is Cc1nc2c3ccccc3nn2c(C)c1CCC(=O)NCc1nc(C2CC2)no1. The predicted octanol–water partition coefficient (Wildman–Crippen LogP) is 3.01. The highest BCUT2D eigenvalue weighted by molar-refractivity contribution is 5.92. The molecular weight excluding hydrogens is 368 g/mol. The summed E-state index contributed by atoms with van der Waals surface area (Å²) in [4.78, 5) is 21.4. The van der Waals surface area contributed by atoms with Crippen molar-refractivity contribution < 1.29 is 9.32 Å². The van der Waals surface area contributed by atoms with Crippen molar-refractivity contribution in [1.29, 1.82) is 0 Å². The molecule has 1 fully saturated rings. The van der Waals surface area contributed by atoms with Gasteiger partial charge in [0.05, 0.1) is 12.1 Å². The molecule has 1 amide bonds. The van der Waals surface area contributed by atoms with Gasteiger partial charge in [-0.2, -0.15) is 10.1 Å². The Morgan fingerprint density at radius 3 is 2.90 bits per heavy atom. The number of aryl methyl sites for hydroxylation is 2. The summed E-state index contributed by atoms with van der Waals surface area (Å²) in [7, 11) is 0. The minimum Gasteiger partial charge on any atom is -0.347 e. The second-order valence-corrected chi connectivity index (χ2v) is 7.61. The number of rotatable bonds is 6. The van der Waals surface area contributed by atoms with Gasteiger partial charge < -0.3 is 9.84 Å². The Bertz CT molecular complexity index is 1220. The fraction of sp³-hybridized carbons (Fsp3) is 0.381. The lowest BCUT2D eigenvalue weighted by Gasteiger charge is -2.11. The Morgan fingerprint density at radius 1 is 1.24 bits per heavy atom. The van der Waals surface area contributed by atoms with Gasteiger partial charge in [-0.3, -0.25) is 4.79 Å². The fourth-order valence-electron chi connectivity index (χ4n) is 3.69. The zero-order chi connectivity index (χ0) is 20.0. The first-order valence-electron chi connectivity index (χ1n) is 9.93. The van der Waals surface area contributed by atoms with E-state index in [0.29, 0.717) is 24.7 Å². The van der Waals surface area contributed by atoms with Crippen molar-refractivity contribution in [3.05, 3.63) is 52.9 Å². The van der Waals surface area contributed by atoms with Crippen molar-refractivity contribution in [1.82, 2.24) is 30.1 Å². The van der Waals surface area contributed by atoms with Gasteiger partial charge in [0.2, 0.25) is 11.8 Å². The number of carbonyl (C=O) groups excluding carboxylic acids is 1. The molecule has 0 atom stereocenters. The van der Waals surface area contributed by atoms with Gasteiger partial charge in [-0.15, -0.1) is 0 Å². The molecule has 1 N–H and O–H groups in total. The normalized spacial score (nSPS) is 14.0. The standard InChI is InChI=1S/C21H22N6O2/c1-12-15(13(2)27-21(23-12)16-5-3-4-6-17(16)25-27)9-10-18(28)22-11-19-24-20(26-29-19)14-7-8-14/h3-6,14H,7-11H2,1-2H3,(H,22,28). The van der Waals surface area contributed by atoms with Crippen LogP contribution in [0.4, 0.5) is 0 Å². The lowest BCUT2D eigenvalue weighted by Crippen LogP contribution is -2.23. The van der Waals surface area contributed by atoms with Crippen LogP contribution in [0.2, 0.25) is 0 Å². The summed E-state index contributed by atoms with van der Waals surface area (Å²) in [5.74, 6) is 1.60. The molecule has 0 aliphatic heterocycles. The molecule has 3 heterocycles. The Labute approximate surface area is 167 Å². The summed E-state index contributed by atoms with van der Waals surface area (Å²) in [6.07, 6.45) is 3.20. The van der Waals surface area contributed by atoms with Crippen LogP contribution < -0.4 is 5.32 Å². The maximum Gasteiger partial charge on any atom is 0.246 e. The number of amides is 1. The van der Waals surface area contributed by atoms with E-state index in [1.165, 1.54) is 0 Å². The second kappa shape index (κ2) is 6.95. The van der Waals surface area contributed by atoms with Crippen molar-refractivity contribution in [3.63, 3.8) is 0 Å². The summed E-state index contributed by atoms with van der Waals surface area (Å²) in [6.45, 7) is 4.27. The van der Waals surface area contributed by atoms with E-state index in [-0.39, 0.29) is 12.5 Å². The molecule has 5 rings (SSSR count). The molecule has 0 spiro atoms. The van der Waals surface area contributed by atoms with Crippen molar-refractivity contribution in [2.45, 2.75) is 52.0 Å². The van der Waals surface area contributed by atoms with E-state index in [9.17, 15) is 4.79 Å². The summed E-state index contributed by atoms with van der Waals surface area (Å²) >= 11 is 0. The molecule has 4 aromatic rings. The van der Waals surface area contributed by atoms with Crippen LogP contribution >= 0.6 is 0 Å². The molecule has 8 nitrogen and oxygen atoms in total. The first-order valence-corrected chi connectivity index (χ1v) is 9.93. The van der Waals surface area contributed by atoms with E-state index in [2.05, 4.69) is 20.6 Å². The third-order valence-electron chi connectivity index (χ3n) is 5.48. The van der Waals surface area contributed by atoms with Gasteiger partial charge >= 0.3 is 0 Å². The van der Waals surface area contributed by atoms with Crippen molar-refractivity contribution in [3.8, 4) is 0 Å². The van der Waals surface area contributed by atoms with Crippen LogP contribution in [0.1, 0.15) is 53.8 Å². The molecule has 0 unspecified atom stereocenters. The molecule has 1 saturated carbocycles. The number of hydrogen-bond donors (Lipinski definition) is 1. The molecule has 1 aliphatic rings. The van der Waals surface area contributed by atoms with Crippen LogP contribution in [0.25, 0.3) is 16.6 Å². The molecular formula is C21H22N6O2. The van der Waals surface area contributed by atoms with E-state index in [0.717, 1.165) is 52.2 Å². The zero-order valence-electron chi connectivity index (χ0n) is 16.5. The van der Waals surface area contributed by atoms with Gasteiger partial charge in [0.15, 0.2) is 11.5 Å². The third-order valence-corrected chi connectivity index (χ3v) is 5.48. The van der Waals surface area contributed by atoms with Crippen LogP contribution in [-0.2, 0) is 17.8 Å². The largest absolute Gasteiger partial charge is 0.347 e. The fourth-order valence-corrected chi connectivity index (χ4v) is 3.69. The van der Waals surface area contributed by atoms with Crippen LogP contribution in [0.3, 0.4) is 0 Å². The van der Waals surface area contributed by atoms with Crippen LogP contribution in [0.15, 0.2) is 28.8 Å². The summed E-state index contributed by atoms with van der Waals surface area (Å²) in [5, 5.41) is 12.5. The lowest BCUT2D eigenvalue weighted by atomic mass is 10.1. The molecule has 0 saturated heterocycles. The maximum atomic E-state index is 12.3. The van der Waals surface area contributed by atoms with Crippen LogP contribution in [-0.4, -0.2) is 30.6 Å². The maximum absolute atomic E-state index is 12.3. The van der Waals surface area contributed by atoms with E-state index >= 15 is 0 Å². The van der Waals surface area contributed by atoms with Crippen LogP contribution in [0, 0.1) is 13.8 Å². The van der Waals surface area contributed by atoms with Gasteiger partial charge in [0.1, 0.15) is 0 Å². The quantitative estimate of drug-likeness (QED) is 0.543. The number of benzene rings is 1. The smallest absolute Gasteiger partial charge is 0.246 e. The zero-order valence-corrected chi connectivity index (χ0v) is 16.5. The van der Waals surface area contributed by atoms with Gasteiger partial charge in [-0.25, -0.2) is 9.50 Å². The number of fused-ring (bicyclic) bond motifs is 3. The van der Waals surface area contributed by atoms with Gasteiger partial charge in [0, 0.05) is 29.1 Å². The first kappa shape index (κ1) is 17.8. The van der Waals surface area contributed by atoms with E-state index in [1.54, 1.807) is 0 Å². The van der Waals surface area contributed by atoms with Crippen molar-refractivity contribution in [2.24, 2.45) is 0 Å². The number of nitrogens with one attached hydrogen (secondary N) is 1. The average molecular weight is 390 g/mol. The van der Waals surface area contributed by atoms with Crippen LogP contribution in [0.5, 0.6) is 0 Å². The number of nitrogens with zero attached hydrogens (tertiary/aromatic N) is 5. The second-order valence-electron chi connectivity index (χ2n) is 7.61. The molecule has 148 valence electrons. The molecule has 3 aromatic heterocycles. The highest BCUT2D eigenvalue weighted by Gasteiger charge is 2.28. The average Bonchev–Trinajstić information content (AvgIpc) is 3.34. The van der Waals surface area contributed by atoms with E-state index in [4.69, 9.17) is 9.51 Å². The summed E-state index contributed by atoms with van der Waals surface area (Å²) < 4.78 is 7.07. The summed E-state index contributed by atoms with van der Waals surface area (Å²) in [6, 6.07) is 7.98. The first-order chi connectivity index (χ1) is 14.1. The molecule has 1 aromatic carbocycles. The van der Waals surface area contributed by atoms with Gasteiger partial charge in [-0.1, -0.05) is 17.3 Å². The molecule has 29 heavy (non-hydrogen) atoms. The molecule has 8 heteroatoms. The highest BCUT2D eigenvalue weighted by Crippen LogP contribution is 2.38. The van der Waals surface area contributed by atoms with Gasteiger partial charge in [-0.05, 0) is 50.8 Å². The minimum absolute atomic E-state index is 0.0549. The topological polar surface area (TPSA) is 98.2 Å². The molecule has 1 aliphatic carbocycles. The van der Waals surface area contributed by atoms with Gasteiger partial charge in [0.25, 0.3) is 0 Å². The molecule has 0 bridgehead atoms. The Morgan fingerprint density at radius 2 is 2.07 bits per heavy atom.